The van der Waals surface area contributed by atoms with E-state index in [0.29, 0.717) is 16.4 Å². The second kappa shape index (κ2) is 5.46. The van der Waals surface area contributed by atoms with Crippen molar-refractivity contribution in [3.8, 4) is 0 Å². The maximum atomic E-state index is 12.2. The van der Waals surface area contributed by atoms with Gasteiger partial charge in [-0.2, -0.15) is 0 Å². The molecular weight excluding hydrogens is 274 g/mol. The van der Waals surface area contributed by atoms with E-state index in [1.165, 1.54) is 11.3 Å². The number of nitrogen functional groups attached to an aromatic ring is 1. The first-order valence-electron chi connectivity index (χ1n) is 6.46. The van der Waals surface area contributed by atoms with Crippen LogP contribution in [-0.4, -0.2) is 29.0 Å². The number of aromatic nitrogens is 2. The molecule has 0 atom stereocenters. The Balaban J connectivity index is 1.77. The lowest BCUT2D eigenvalue weighted by molar-refractivity contribution is 0.103. The van der Waals surface area contributed by atoms with Crippen molar-refractivity contribution < 1.29 is 4.79 Å². The fourth-order valence-electron chi connectivity index (χ4n) is 2.15. The molecule has 7 heteroatoms. The molecule has 1 aliphatic rings. The van der Waals surface area contributed by atoms with E-state index in [0.717, 1.165) is 31.1 Å². The highest BCUT2D eigenvalue weighted by molar-refractivity contribution is 7.18. The van der Waals surface area contributed by atoms with Gasteiger partial charge in [-0.15, -0.1) is 0 Å². The first kappa shape index (κ1) is 12.9. The van der Waals surface area contributed by atoms with Crippen LogP contribution < -0.4 is 16.0 Å². The van der Waals surface area contributed by atoms with Crippen LogP contribution in [0.1, 0.15) is 22.5 Å². The van der Waals surface area contributed by atoms with Crippen molar-refractivity contribution in [2.75, 3.05) is 29.0 Å². The lowest BCUT2D eigenvalue weighted by atomic mass is 10.4. The summed E-state index contributed by atoms with van der Waals surface area (Å²) in [4.78, 5) is 23.1. The average Bonchev–Trinajstić information content (AvgIpc) is 3.08. The maximum absolute atomic E-state index is 12.2. The maximum Gasteiger partial charge on any atom is 0.269 e. The summed E-state index contributed by atoms with van der Waals surface area (Å²) in [5, 5.41) is 3.60. The van der Waals surface area contributed by atoms with Crippen LogP contribution in [0.4, 0.5) is 16.6 Å². The molecule has 20 heavy (non-hydrogen) atoms. The van der Waals surface area contributed by atoms with Crippen LogP contribution in [0.3, 0.4) is 0 Å². The molecule has 3 N–H and O–H groups in total. The number of nitrogens with two attached hydrogens (primary N) is 1. The van der Waals surface area contributed by atoms with Crippen molar-refractivity contribution in [1.29, 1.82) is 0 Å². The minimum absolute atomic E-state index is 0.238. The molecule has 0 spiro atoms. The smallest absolute Gasteiger partial charge is 0.269 e. The number of nitrogens with one attached hydrogen (secondary N) is 1. The summed E-state index contributed by atoms with van der Waals surface area (Å²) >= 11 is 1.34. The first-order chi connectivity index (χ1) is 9.74. The Labute approximate surface area is 120 Å². The number of carbonyl (C=O) groups excluding carboxylic acids is 1. The summed E-state index contributed by atoms with van der Waals surface area (Å²) in [5.41, 5.74) is 6.51. The van der Waals surface area contributed by atoms with Crippen molar-refractivity contribution in [2.24, 2.45) is 0 Å². The molecule has 104 valence electrons. The van der Waals surface area contributed by atoms with Crippen LogP contribution in [0.15, 0.2) is 24.5 Å². The van der Waals surface area contributed by atoms with Crippen LogP contribution in [0, 0.1) is 0 Å². The Hall–Kier alpha value is -2.15. The number of amides is 1. The van der Waals surface area contributed by atoms with E-state index in [9.17, 15) is 4.79 Å². The first-order valence-corrected chi connectivity index (χ1v) is 7.28. The molecule has 0 aliphatic carbocycles. The molecule has 0 radical (unpaired) electrons. The lowest BCUT2D eigenvalue weighted by Gasteiger charge is -2.11. The standard InChI is InChI=1S/C13H15N5OS/c14-11-10(12(19)16-9-4-3-5-15-8-9)20-13(17-11)18-6-1-2-7-18/h3-5,8H,1-2,6-7,14H2,(H,16,19). The Morgan fingerprint density at radius 3 is 2.90 bits per heavy atom. The van der Waals surface area contributed by atoms with E-state index in [2.05, 4.69) is 20.2 Å². The van der Waals surface area contributed by atoms with Gasteiger partial charge >= 0.3 is 0 Å². The summed E-state index contributed by atoms with van der Waals surface area (Å²) in [6, 6.07) is 3.55. The molecule has 0 unspecified atom stereocenters. The normalized spacial score (nSPS) is 14.5. The molecule has 1 aliphatic heterocycles. The van der Waals surface area contributed by atoms with Crippen LogP contribution in [0.25, 0.3) is 0 Å². The van der Waals surface area contributed by atoms with Gasteiger partial charge in [0, 0.05) is 19.3 Å². The highest BCUT2D eigenvalue weighted by Crippen LogP contribution is 2.30. The zero-order chi connectivity index (χ0) is 13.9. The number of rotatable bonds is 3. The monoisotopic (exact) mass is 289 g/mol. The van der Waals surface area contributed by atoms with Crippen LogP contribution in [-0.2, 0) is 0 Å². The predicted octanol–water partition coefficient (Wildman–Crippen LogP) is 1.97. The van der Waals surface area contributed by atoms with Gasteiger partial charge in [-0.25, -0.2) is 4.98 Å². The summed E-state index contributed by atoms with van der Waals surface area (Å²) in [6.45, 7) is 1.97. The minimum Gasteiger partial charge on any atom is -0.382 e. The third-order valence-corrected chi connectivity index (χ3v) is 4.28. The number of anilines is 3. The molecule has 1 fully saturated rings. The largest absolute Gasteiger partial charge is 0.382 e. The molecular formula is C13H15N5OS. The van der Waals surface area contributed by atoms with Gasteiger partial charge in [-0.3, -0.25) is 9.78 Å². The summed E-state index contributed by atoms with van der Waals surface area (Å²) in [5.74, 6) is 0.0525. The molecule has 2 aromatic rings. The highest BCUT2D eigenvalue weighted by atomic mass is 32.1. The number of pyridine rings is 1. The zero-order valence-electron chi connectivity index (χ0n) is 10.9. The fourth-order valence-corrected chi connectivity index (χ4v) is 3.08. The third kappa shape index (κ3) is 2.57. The van der Waals surface area contributed by atoms with E-state index in [1.807, 2.05) is 0 Å². The Kier molecular flexibility index (Phi) is 3.51. The molecule has 3 heterocycles. The summed E-state index contributed by atoms with van der Waals surface area (Å²) < 4.78 is 0. The molecule has 0 saturated carbocycles. The minimum atomic E-state index is -0.238. The Morgan fingerprint density at radius 2 is 2.20 bits per heavy atom. The Bertz CT molecular complexity index is 606. The van der Waals surface area contributed by atoms with Crippen molar-refractivity contribution in [2.45, 2.75) is 12.8 Å². The molecule has 0 bridgehead atoms. The van der Waals surface area contributed by atoms with Gasteiger partial charge in [0.25, 0.3) is 5.91 Å². The molecule has 6 nitrogen and oxygen atoms in total. The third-order valence-electron chi connectivity index (χ3n) is 3.14. The molecule has 1 amide bonds. The second-order valence-corrected chi connectivity index (χ2v) is 5.58. The van der Waals surface area contributed by atoms with E-state index in [4.69, 9.17) is 5.73 Å². The lowest BCUT2D eigenvalue weighted by Crippen LogP contribution is -2.17. The topological polar surface area (TPSA) is 84.1 Å². The van der Waals surface area contributed by atoms with Gasteiger partial charge in [-0.05, 0) is 25.0 Å². The zero-order valence-corrected chi connectivity index (χ0v) is 11.7. The molecule has 2 aromatic heterocycles. The van der Waals surface area contributed by atoms with Gasteiger partial charge < -0.3 is 16.0 Å². The van der Waals surface area contributed by atoms with Gasteiger partial charge in [0.15, 0.2) is 5.13 Å². The number of hydrogen-bond donors (Lipinski definition) is 2. The summed E-state index contributed by atoms with van der Waals surface area (Å²) in [6.07, 6.45) is 5.58. The number of carbonyl (C=O) groups is 1. The number of hydrogen-bond acceptors (Lipinski definition) is 6. The average molecular weight is 289 g/mol. The summed E-state index contributed by atoms with van der Waals surface area (Å²) in [7, 11) is 0. The van der Waals surface area contributed by atoms with Gasteiger partial charge in [0.1, 0.15) is 10.7 Å². The molecule has 1 saturated heterocycles. The van der Waals surface area contributed by atoms with Gasteiger partial charge in [-0.1, -0.05) is 11.3 Å². The van der Waals surface area contributed by atoms with Crippen molar-refractivity contribution in [1.82, 2.24) is 9.97 Å². The van der Waals surface area contributed by atoms with E-state index >= 15 is 0 Å². The number of thiazole rings is 1. The quantitative estimate of drug-likeness (QED) is 0.902. The second-order valence-electron chi connectivity index (χ2n) is 4.60. The molecule has 3 rings (SSSR count). The highest BCUT2D eigenvalue weighted by Gasteiger charge is 2.21. The number of nitrogens with zero attached hydrogens (tertiary/aromatic N) is 3. The van der Waals surface area contributed by atoms with Crippen LogP contribution in [0.2, 0.25) is 0 Å². The molecule has 0 aromatic carbocycles. The fraction of sp³-hybridized carbons (Fsp3) is 0.308. The van der Waals surface area contributed by atoms with E-state index < -0.39 is 0 Å². The van der Waals surface area contributed by atoms with Crippen molar-refractivity contribution >= 4 is 33.9 Å². The predicted molar refractivity (Wildman–Crippen MR) is 80.2 cm³/mol. The van der Waals surface area contributed by atoms with Crippen molar-refractivity contribution in [3.63, 3.8) is 0 Å². The van der Waals surface area contributed by atoms with Gasteiger partial charge in [0.2, 0.25) is 0 Å². The Morgan fingerprint density at radius 1 is 1.40 bits per heavy atom. The van der Waals surface area contributed by atoms with Crippen LogP contribution in [0.5, 0.6) is 0 Å². The SMILES string of the molecule is Nc1nc(N2CCCC2)sc1C(=O)Nc1cccnc1. The van der Waals surface area contributed by atoms with Crippen LogP contribution >= 0.6 is 11.3 Å². The van der Waals surface area contributed by atoms with Gasteiger partial charge in [0.05, 0.1) is 11.9 Å². The van der Waals surface area contributed by atoms with Crippen molar-refractivity contribution in [3.05, 3.63) is 29.4 Å². The van der Waals surface area contributed by atoms with E-state index in [-0.39, 0.29) is 5.91 Å². The van der Waals surface area contributed by atoms with E-state index in [1.54, 1.807) is 24.5 Å².